The second-order valence-corrected chi connectivity index (χ2v) is 5.08. The van der Waals surface area contributed by atoms with Gasteiger partial charge >= 0.3 is 0 Å². The smallest absolute Gasteiger partial charge is 0.0316 e. The summed E-state index contributed by atoms with van der Waals surface area (Å²) in [5.41, 5.74) is 7.97. The molecule has 0 saturated heterocycles. The number of nitrogens with one attached hydrogen (secondary N) is 1. The molecule has 1 fully saturated rings. The first-order valence-electron chi connectivity index (χ1n) is 6.32. The van der Waals surface area contributed by atoms with Gasteiger partial charge in [0.2, 0.25) is 0 Å². The zero-order valence-corrected chi connectivity index (χ0v) is 10.1. The molecule has 0 radical (unpaired) electrons. The molecule has 2 heteroatoms. The van der Waals surface area contributed by atoms with Gasteiger partial charge in [0.15, 0.2) is 0 Å². The van der Waals surface area contributed by atoms with Crippen molar-refractivity contribution in [2.45, 2.75) is 38.6 Å². The van der Waals surface area contributed by atoms with E-state index in [-0.39, 0.29) is 0 Å². The lowest BCUT2D eigenvalue weighted by molar-refractivity contribution is 0.242. The molecular formula is C14H22N2. The third-order valence-electron chi connectivity index (χ3n) is 3.40. The normalized spacial score (nSPS) is 24.1. The van der Waals surface area contributed by atoms with Crippen molar-refractivity contribution >= 4 is 5.69 Å². The Hall–Kier alpha value is -1.02. The van der Waals surface area contributed by atoms with Crippen LogP contribution in [0.25, 0.3) is 0 Å². The Bertz CT molecular complexity index is 329. The summed E-state index contributed by atoms with van der Waals surface area (Å²) < 4.78 is 0. The minimum atomic E-state index is 0.788. The summed E-state index contributed by atoms with van der Waals surface area (Å²) in [5, 5.41) is 3.60. The van der Waals surface area contributed by atoms with Gasteiger partial charge in [-0.2, -0.15) is 0 Å². The molecule has 2 nitrogen and oxygen atoms in total. The third kappa shape index (κ3) is 3.24. The van der Waals surface area contributed by atoms with Gasteiger partial charge in [-0.15, -0.1) is 0 Å². The summed E-state index contributed by atoms with van der Waals surface area (Å²) in [6, 6.07) is 8.99. The van der Waals surface area contributed by atoms with Crippen molar-refractivity contribution in [2.24, 2.45) is 5.92 Å². The molecule has 0 spiro atoms. The zero-order valence-electron chi connectivity index (χ0n) is 10.1. The minimum Gasteiger partial charge on any atom is -0.399 e. The molecule has 1 aliphatic rings. The van der Waals surface area contributed by atoms with Gasteiger partial charge in [0.05, 0.1) is 0 Å². The van der Waals surface area contributed by atoms with Crippen LogP contribution in [0.5, 0.6) is 0 Å². The van der Waals surface area contributed by atoms with E-state index in [0.29, 0.717) is 0 Å². The average Bonchev–Trinajstić information content (AvgIpc) is 2.21. The van der Waals surface area contributed by atoms with Crippen LogP contribution in [-0.4, -0.2) is 12.6 Å². The number of nitrogens with two attached hydrogens (primary N) is 1. The molecule has 0 unspecified atom stereocenters. The highest BCUT2D eigenvalue weighted by molar-refractivity contribution is 5.40. The Morgan fingerprint density at radius 2 is 2.19 bits per heavy atom. The van der Waals surface area contributed by atoms with Crippen molar-refractivity contribution in [3.05, 3.63) is 29.8 Å². The van der Waals surface area contributed by atoms with Crippen molar-refractivity contribution in [2.75, 3.05) is 12.3 Å². The van der Waals surface area contributed by atoms with Crippen molar-refractivity contribution in [1.29, 1.82) is 0 Å². The third-order valence-corrected chi connectivity index (χ3v) is 3.40. The summed E-state index contributed by atoms with van der Waals surface area (Å²) >= 11 is 0. The first kappa shape index (κ1) is 11.5. The topological polar surface area (TPSA) is 38.0 Å². The van der Waals surface area contributed by atoms with Crippen LogP contribution < -0.4 is 11.1 Å². The molecule has 0 heterocycles. The number of aryl methyl sites for hydroxylation is 1. The van der Waals surface area contributed by atoms with E-state index in [1.807, 2.05) is 12.1 Å². The molecule has 1 aliphatic carbocycles. The van der Waals surface area contributed by atoms with E-state index in [0.717, 1.165) is 30.6 Å². The first-order chi connectivity index (χ1) is 7.74. The Kier molecular flexibility index (Phi) is 3.83. The lowest BCUT2D eigenvalue weighted by atomic mass is 9.82. The first-order valence-corrected chi connectivity index (χ1v) is 6.32. The lowest BCUT2D eigenvalue weighted by Crippen LogP contribution is -2.40. The number of hydrogen-bond acceptors (Lipinski definition) is 2. The Labute approximate surface area is 98.2 Å². The van der Waals surface area contributed by atoms with Gasteiger partial charge in [0.25, 0.3) is 0 Å². The van der Waals surface area contributed by atoms with Crippen molar-refractivity contribution in [3.8, 4) is 0 Å². The van der Waals surface area contributed by atoms with E-state index in [1.165, 1.54) is 24.8 Å². The van der Waals surface area contributed by atoms with Gasteiger partial charge in [0.1, 0.15) is 0 Å². The molecule has 1 aromatic rings. The number of rotatable bonds is 5. The molecule has 88 valence electrons. The summed E-state index contributed by atoms with van der Waals surface area (Å²) in [4.78, 5) is 0. The van der Waals surface area contributed by atoms with Gasteiger partial charge in [-0.3, -0.25) is 0 Å². The van der Waals surface area contributed by atoms with Crippen LogP contribution in [0, 0.1) is 5.92 Å². The Morgan fingerprint density at radius 3 is 2.88 bits per heavy atom. The lowest BCUT2D eigenvalue weighted by Gasteiger charge is -2.33. The van der Waals surface area contributed by atoms with Crippen molar-refractivity contribution in [3.63, 3.8) is 0 Å². The van der Waals surface area contributed by atoms with Crippen molar-refractivity contribution in [1.82, 2.24) is 5.32 Å². The van der Waals surface area contributed by atoms with Gasteiger partial charge in [-0.25, -0.2) is 0 Å². The summed E-state index contributed by atoms with van der Waals surface area (Å²) in [6.45, 7) is 3.46. The number of anilines is 1. The summed E-state index contributed by atoms with van der Waals surface area (Å²) in [5.74, 6) is 0.937. The Balaban J connectivity index is 1.61. The zero-order chi connectivity index (χ0) is 11.4. The second kappa shape index (κ2) is 5.35. The SMILES string of the molecule is CC1CC(NCCCc2cccc(N)c2)C1. The monoisotopic (exact) mass is 218 g/mol. The molecular weight excluding hydrogens is 196 g/mol. The fourth-order valence-corrected chi connectivity index (χ4v) is 2.42. The molecule has 16 heavy (non-hydrogen) atoms. The van der Waals surface area contributed by atoms with Crippen LogP contribution >= 0.6 is 0 Å². The maximum absolute atomic E-state index is 5.74. The maximum Gasteiger partial charge on any atom is 0.0316 e. The van der Waals surface area contributed by atoms with Gasteiger partial charge in [-0.05, 0) is 55.8 Å². The fourth-order valence-electron chi connectivity index (χ4n) is 2.42. The molecule has 3 N–H and O–H groups in total. The Morgan fingerprint density at radius 1 is 1.38 bits per heavy atom. The highest BCUT2D eigenvalue weighted by atomic mass is 14.9. The average molecular weight is 218 g/mol. The van der Waals surface area contributed by atoms with Gasteiger partial charge in [0, 0.05) is 11.7 Å². The highest BCUT2D eigenvalue weighted by Gasteiger charge is 2.23. The van der Waals surface area contributed by atoms with Crippen LogP contribution in [0.4, 0.5) is 5.69 Å². The standard InChI is InChI=1S/C14H22N2/c1-11-8-14(9-11)16-7-3-5-12-4-2-6-13(15)10-12/h2,4,6,10-11,14,16H,3,5,7-9,15H2,1H3. The largest absolute Gasteiger partial charge is 0.399 e. The molecule has 0 aromatic heterocycles. The van der Waals surface area contributed by atoms with Gasteiger partial charge in [-0.1, -0.05) is 19.1 Å². The van der Waals surface area contributed by atoms with E-state index in [2.05, 4.69) is 24.4 Å². The van der Waals surface area contributed by atoms with Crippen LogP contribution in [0.15, 0.2) is 24.3 Å². The maximum atomic E-state index is 5.74. The fraction of sp³-hybridized carbons (Fsp3) is 0.571. The quantitative estimate of drug-likeness (QED) is 0.589. The molecule has 2 rings (SSSR count). The number of nitrogen functional groups attached to an aromatic ring is 1. The summed E-state index contributed by atoms with van der Waals surface area (Å²) in [7, 11) is 0. The van der Waals surface area contributed by atoms with E-state index in [9.17, 15) is 0 Å². The van der Waals surface area contributed by atoms with E-state index in [1.54, 1.807) is 0 Å². The molecule has 1 aromatic carbocycles. The number of benzene rings is 1. The molecule has 0 amide bonds. The van der Waals surface area contributed by atoms with Crippen LogP contribution in [0.2, 0.25) is 0 Å². The van der Waals surface area contributed by atoms with Crippen LogP contribution in [0.1, 0.15) is 31.7 Å². The molecule has 1 saturated carbocycles. The van der Waals surface area contributed by atoms with Crippen LogP contribution in [-0.2, 0) is 6.42 Å². The second-order valence-electron chi connectivity index (χ2n) is 5.08. The molecule has 0 bridgehead atoms. The minimum absolute atomic E-state index is 0.788. The number of hydrogen-bond donors (Lipinski definition) is 2. The van der Waals surface area contributed by atoms with E-state index >= 15 is 0 Å². The van der Waals surface area contributed by atoms with E-state index in [4.69, 9.17) is 5.73 Å². The predicted molar refractivity (Wildman–Crippen MR) is 69.4 cm³/mol. The van der Waals surface area contributed by atoms with Gasteiger partial charge < -0.3 is 11.1 Å². The highest BCUT2D eigenvalue weighted by Crippen LogP contribution is 2.26. The van der Waals surface area contributed by atoms with E-state index < -0.39 is 0 Å². The van der Waals surface area contributed by atoms with Crippen LogP contribution in [0.3, 0.4) is 0 Å². The molecule has 0 atom stereocenters. The molecule has 0 aliphatic heterocycles. The predicted octanol–water partition coefficient (Wildman–Crippen LogP) is 2.59. The van der Waals surface area contributed by atoms with Crippen molar-refractivity contribution < 1.29 is 0 Å². The summed E-state index contributed by atoms with van der Waals surface area (Å²) in [6.07, 6.45) is 5.05.